The van der Waals surface area contributed by atoms with E-state index >= 15 is 0 Å². The Labute approximate surface area is 114 Å². The third-order valence-electron chi connectivity index (χ3n) is 2.96. The van der Waals surface area contributed by atoms with Crippen molar-refractivity contribution in [1.29, 1.82) is 0 Å². The van der Waals surface area contributed by atoms with Crippen LogP contribution in [0.25, 0.3) is 0 Å². The average Bonchev–Trinajstić information content (AvgIpc) is 2.88. The summed E-state index contributed by atoms with van der Waals surface area (Å²) in [5.74, 6) is 0.757. The topological polar surface area (TPSA) is 65.7 Å². The van der Waals surface area contributed by atoms with Gasteiger partial charge in [-0.05, 0) is 51.9 Å². The maximum absolute atomic E-state index is 11.8. The molecule has 1 aromatic heterocycles. The van der Waals surface area contributed by atoms with Gasteiger partial charge in [0.2, 0.25) is 5.91 Å². The number of likely N-dealkylation sites (N-methyl/N-ethyl adjacent to an activating group) is 1. The van der Waals surface area contributed by atoms with E-state index in [0.29, 0.717) is 6.54 Å². The lowest BCUT2D eigenvalue weighted by molar-refractivity contribution is -0.122. The van der Waals surface area contributed by atoms with Crippen LogP contribution in [0.2, 0.25) is 0 Å². The van der Waals surface area contributed by atoms with Crippen LogP contribution in [0.3, 0.4) is 0 Å². The summed E-state index contributed by atoms with van der Waals surface area (Å²) >= 11 is 0. The third-order valence-corrected chi connectivity index (χ3v) is 2.96. The SMILES string of the molecule is CC(NC(=O)CN(C)CCCCCO)c1ccco1. The van der Waals surface area contributed by atoms with Crippen molar-refractivity contribution in [3.63, 3.8) is 0 Å². The second-order valence-electron chi connectivity index (χ2n) is 4.83. The molecule has 0 fully saturated rings. The number of aliphatic hydroxyl groups excluding tert-OH is 1. The lowest BCUT2D eigenvalue weighted by atomic mass is 10.2. The molecule has 5 nitrogen and oxygen atoms in total. The largest absolute Gasteiger partial charge is 0.467 e. The maximum Gasteiger partial charge on any atom is 0.234 e. The number of furan rings is 1. The van der Waals surface area contributed by atoms with Crippen LogP contribution in [0.15, 0.2) is 22.8 Å². The fourth-order valence-corrected chi connectivity index (χ4v) is 1.89. The molecule has 1 amide bonds. The molecule has 0 spiro atoms. The molecule has 0 aliphatic rings. The van der Waals surface area contributed by atoms with Gasteiger partial charge in [0.1, 0.15) is 5.76 Å². The molecular weight excluding hydrogens is 244 g/mol. The van der Waals surface area contributed by atoms with E-state index in [1.165, 1.54) is 0 Å². The molecule has 1 rings (SSSR count). The van der Waals surface area contributed by atoms with Gasteiger partial charge in [0, 0.05) is 6.61 Å². The van der Waals surface area contributed by atoms with Crippen molar-refractivity contribution >= 4 is 5.91 Å². The molecule has 2 N–H and O–H groups in total. The first-order chi connectivity index (χ1) is 9.13. The molecule has 0 radical (unpaired) electrons. The summed E-state index contributed by atoms with van der Waals surface area (Å²) in [6.45, 7) is 3.38. The van der Waals surface area contributed by atoms with E-state index in [-0.39, 0.29) is 18.6 Å². The highest BCUT2D eigenvalue weighted by atomic mass is 16.3. The highest BCUT2D eigenvalue weighted by molar-refractivity contribution is 5.78. The summed E-state index contributed by atoms with van der Waals surface area (Å²) in [5.41, 5.74) is 0. The predicted octanol–water partition coefficient (Wildman–Crippen LogP) is 1.55. The van der Waals surface area contributed by atoms with E-state index < -0.39 is 0 Å². The molecule has 1 atom stereocenters. The Balaban J connectivity index is 2.19. The molecule has 0 saturated carbocycles. The smallest absolute Gasteiger partial charge is 0.234 e. The Kier molecular flexibility index (Phi) is 7.22. The van der Waals surface area contributed by atoms with E-state index in [1.807, 2.05) is 31.0 Å². The number of hydrogen-bond acceptors (Lipinski definition) is 4. The van der Waals surface area contributed by atoms with Gasteiger partial charge in [-0.1, -0.05) is 0 Å². The molecule has 1 heterocycles. The van der Waals surface area contributed by atoms with E-state index in [2.05, 4.69) is 5.32 Å². The summed E-state index contributed by atoms with van der Waals surface area (Å²) in [4.78, 5) is 13.8. The van der Waals surface area contributed by atoms with E-state index in [0.717, 1.165) is 31.6 Å². The van der Waals surface area contributed by atoms with Gasteiger partial charge in [-0.15, -0.1) is 0 Å². The number of nitrogens with zero attached hydrogens (tertiary/aromatic N) is 1. The molecule has 1 unspecified atom stereocenters. The van der Waals surface area contributed by atoms with Gasteiger partial charge < -0.3 is 14.8 Å². The number of amides is 1. The number of nitrogens with one attached hydrogen (secondary N) is 1. The van der Waals surface area contributed by atoms with Crippen LogP contribution in [0.4, 0.5) is 0 Å². The third kappa shape index (κ3) is 6.40. The minimum Gasteiger partial charge on any atom is -0.467 e. The van der Waals surface area contributed by atoms with Gasteiger partial charge in [0.15, 0.2) is 0 Å². The first-order valence-corrected chi connectivity index (χ1v) is 6.75. The zero-order chi connectivity index (χ0) is 14.1. The van der Waals surface area contributed by atoms with Gasteiger partial charge in [-0.3, -0.25) is 9.69 Å². The first kappa shape index (κ1) is 15.7. The van der Waals surface area contributed by atoms with Crippen LogP contribution in [-0.2, 0) is 4.79 Å². The summed E-state index contributed by atoms with van der Waals surface area (Å²) in [7, 11) is 1.93. The Bertz CT molecular complexity index is 352. The van der Waals surface area contributed by atoms with Gasteiger partial charge >= 0.3 is 0 Å². The molecule has 0 aliphatic heterocycles. The van der Waals surface area contributed by atoms with Crippen LogP contribution < -0.4 is 5.32 Å². The molecule has 0 aromatic carbocycles. The summed E-state index contributed by atoms with van der Waals surface area (Å²) < 4.78 is 5.24. The lowest BCUT2D eigenvalue weighted by Gasteiger charge is -2.18. The highest BCUT2D eigenvalue weighted by Gasteiger charge is 2.12. The molecule has 108 valence electrons. The number of carbonyl (C=O) groups is 1. The Morgan fingerprint density at radius 3 is 2.89 bits per heavy atom. The zero-order valence-corrected chi connectivity index (χ0v) is 11.8. The van der Waals surface area contributed by atoms with Crippen molar-refractivity contribution in [2.75, 3.05) is 26.7 Å². The predicted molar refractivity (Wildman–Crippen MR) is 73.7 cm³/mol. The molecule has 5 heteroatoms. The van der Waals surface area contributed by atoms with Crippen molar-refractivity contribution in [2.45, 2.75) is 32.2 Å². The maximum atomic E-state index is 11.8. The first-order valence-electron chi connectivity index (χ1n) is 6.75. The summed E-state index contributed by atoms with van der Waals surface area (Å²) in [6, 6.07) is 3.56. The molecule has 0 bridgehead atoms. The number of rotatable bonds is 9. The van der Waals surface area contributed by atoms with Crippen LogP contribution in [-0.4, -0.2) is 42.7 Å². The van der Waals surface area contributed by atoms with Crippen LogP contribution in [0.5, 0.6) is 0 Å². The fraction of sp³-hybridized carbons (Fsp3) is 0.643. The van der Waals surface area contributed by atoms with Crippen LogP contribution >= 0.6 is 0 Å². The fourth-order valence-electron chi connectivity index (χ4n) is 1.89. The average molecular weight is 268 g/mol. The molecule has 0 saturated heterocycles. The molecular formula is C14H24N2O3. The van der Waals surface area contributed by atoms with Crippen molar-refractivity contribution in [3.05, 3.63) is 24.2 Å². The second kappa shape index (κ2) is 8.72. The number of unbranched alkanes of at least 4 members (excludes halogenated alkanes) is 2. The van der Waals surface area contributed by atoms with E-state index in [1.54, 1.807) is 6.26 Å². The standard InChI is InChI=1S/C14H24N2O3/c1-12(13-7-6-10-19-13)15-14(18)11-16(2)8-4-3-5-9-17/h6-7,10,12,17H,3-5,8-9,11H2,1-2H3,(H,15,18). The van der Waals surface area contributed by atoms with Crippen molar-refractivity contribution < 1.29 is 14.3 Å². The quantitative estimate of drug-likeness (QED) is 0.667. The number of hydrogen-bond donors (Lipinski definition) is 2. The van der Waals surface area contributed by atoms with Crippen LogP contribution in [0, 0.1) is 0 Å². The minimum atomic E-state index is -0.106. The van der Waals surface area contributed by atoms with E-state index in [4.69, 9.17) is 9.52 Å². The van der Waals surface area contributed by atoms with Gasteiger partial charge in [-0.2, -0.15) is 0 Å². The summed E-state index contributed by atoms with van der Waals surface area (Å²) in [5, 5.41) is 11.6. The molecule has 1 aromatic rings. The second-order valence-corrected chi connectivity index (χ2v) is 4.83. The van der Waals surface area contributed by atoms with Crippen molar-refractivity contribution in [1.82, 2.24) is 10.2 Å². The number of aliphatic hydroxyl groups is 1. The van der Waals surface area contributed by atoms with Crippen LogP contribution in [0.1, 0.15) is 38.0 Å². The Hall–Kier alpha value is -1.33. The summed E-state index contributed by atoms with van der Waals surface area (Å²) in [6.07, 6.45) is 4.42. The van der Waals surface area contributed by atoms with Crippen molar-refractivity contribution in [3.8, 4) is 0 Å². The molecule has 19 heavy (non-hydrogen) atoms. The Morgan fingerprint density at radius 1 is 1.47 bits per heavy atom. The lowest BCUT2D eigenvalue weighted by Crippen LogP contribution is -2.36. The number of carbonyl (C=O) groups excluding carboxylic acids is 1. The van der Waals surface area contributed by atoms with Gasteiger partial charge in [0.05, 0.1) is 18.8 Å². The monoisotopic (exact) mass is 268 g/mol. The minimum absolute atomic E-state index is 0.00596. The zero-order valence-electron chi connectivity index (χ0n) is 11.8. The Morgan fingerprint density at radius 2 is 2.26 bits per heavy atom. The van der Waals surface area contributed by atoms with Gasteiger partial charge in [-0.25, -0.2) is 0 Å². The normalized spacial score (nSPS) is 12.6. The van der Waals surface area contributed by atoms with Crippen molar-refractivity contribution in [2.24, 2.45) is 0 Å². The highest BCUT2D eigenvalue weighted by Crippen LogP contribution is 2.11. The van der Waals surface area contributed by atoms with Gasteiger partial charge in [0.25, 0.3) is 0 Å². The molecule has 0 aliphatic carbocycles. The van der Waals surface area contributed by atoms with E-state index in [9.17, 15) is 4.79 Å².